The second-order valence-electron chi connectivity index (χ2n) is 10.2. The zero-order chi connectivity index (χ0) is 27.6. The average molecular weight is 518 g/mol. The number of ether oxygens (including phenoxy) is 2. The molecule has 198 valence electrons. The Balaban J connectivity index is 1.73. The number of hydrogen-bond donors (Lipinski definition) is 3. The van der Waals surface area contributed by atoms with E-state index in [2.05, 4.69) is 22.0 Å². The minimum atomic E-state index is -0.648. The third-order valence-electron chi connectivity index (χ3n) is 6.19. The number of aromatic nitrogens is 1. The van der Waals surface area contributed by atoms with E-state index in [9.17, 15) is 14.4 Å². The summed E-state index contributed by atoms with van der Waals surface area (Å²) < 4.78 is 25.2. The lowest BCUT2D eigenvalue weighted by atomic mass is 9.87. The first-order valence-electron chi connectivity index (χ1n) is 12.5. The highest BCUT2D eigenvalue weighted by Crippen LogP contribution is 2.43. The maximum absolute atomic E-state index is 14.4. The summed E-state index contributed by atoms with van der Waals surface area (Å²) in [6.45, 7) is 9.26. The summed E-state index contributed by atoms with van der Waals surface area (Å²) in [4.78, 5) is 17.2. The summed E-state index contributed by atoms with van der Waals surface area (Å²) in [7, 11) is 1.60. The average Bonchev–Trinajstić information content (AvgIpc) is 2.86. The Hall–Kier alpha value is -4.32. The van der Waals surface area contributed by atoms with Crippen LogP contribution in [0.15, 0.2) is 42.5 Å². The fraction of sp³-hybridized carbons (Fsp3) is 0.345. The van der Waals surface area contributed by atoms with Gasteiger partial charge in [0.1, 0.15) is 29.1 Å². The third kappa shape index (κ3) is 5.80. The SMILES string of the molecule is CCc1cc(Nc2nc3c(cc2C#N)-c2cc(F)ccc2[C@H]([C@H](C)NC(=O)OC(C)(C)C)N3)cc(OC)c1. The van der Waals surface area contributed by atoms with Crippen molar-refractivity contribution in [3.8, 4) is 22.9 Å². The molecule has 0 saturated heterocycles. The number of rotatable bonds is 6. The van der Waals surface area contributed by atoms with Crippen LogP contribution >= 0.6 is 0 Å². The monoisotopic (exact) mass is 517 g/mol. The van der Waals surface area contributed by atoms with Gasteiger partial charge in [0.25, 0.3) is 0 Å². The molecule has 9 heteroatoms. The molecule has 2 aromatic carbocycles. The van der Waals surface area contributed by atoms with Crippen LogP contribution in [-0.2, 0) is 11.2 Å². The highest BCUT2D eigenvalue weighted by molar-refractivity contribution is 5.85. The van der Waals surface area contributed by atoms with Crippen molar-refractivity contribution in [2.75, 3.05) is 17.7 Å². The fourth-order valence-corrected chi connectivity index (χ4v) is 4.43. The Morgan fingerprint density at radius 3 is 2.63 bits per heavy atom. The molecule has 8 nitrogen and oxygen atoms in total. The lowest BCUT2D eigenvalue weighted by Crippen LogP contribution is -2.43. The zero-order valence-corrected chi connectivity index (χ0v) is 22.4. The molecule has 2 atom stereocenters. The molecular formula is C29H32FN5O3. The molecule has 3 N–H and O–H groups in total. The number of benzene rings is 2. The van der Waals surface area contributed by atoms with Crippen LogP contribution in [0.1, 0.15) is 57.4 Å². The first-order chi connectivity index (χ1) is 18.0. The predicted octanol–water partition coefficient (Wildman–Crippen LogP) is 6.45. The quantitative estimate of drug-likeness (QED) is 0.345. The van der Waals surface area contributed by atoms with Crippen LogP contribution in [-0.4, -0.2) is 29.8 Å². The summed E-state index contributed by atoms with van der Waals surface area (Å²) in [5.74, 6) is 1.09. The summed E-state index contributed by atoms with van der Waals surface area (Å²) in [6.07, 6.45) is 0.254. The number of nitrogens with one attached hydrogen (secondary N) is 3. The predicted molar refractivity (Wildman–Crippen MR) is 145 cm³/mol. The molecule has 0 spiro atoms. The van der Waals surface area contributed by atoms with Crippen LogP contribution in [0, 0.1) is 17.1 Å². The van der Waals surface area contributed by atoms with Crippen LogP contribution in [0.3, 0.4) is 0 Å². The maximum Gasteiger partial charge on any atom is 0.407 e. The van der Waals surface area contributed by atoms with Crippen LogP contribution < -0.4 is 20.7 Å². The molecule has 0 bridgehead atoms. The van der Waals surface area contributed by atoms with Crippen molar-refractivity contribution in [1.82, 2.24) is 10.3 Å². The smallest absolute Gasteiger partial charge is 0.407 e. The highest BCUT2D eigenvalue weighted by Gasteiger charge is 2.32. The van der Waals surface area contributed by atoms with E-state index in [1.54, 1.807) is 40.0 Å². The van der Waals surface area contributed by atoms with E-state index in [0.717, 1.165) is 23.2 Å². The Kier molecular flexibility index (Phi) is 7.44. The first-order valence-corrected chi connectivity index (χ1v) is 12.5. The number of aryl methyl sites for hydroxylation is 1. The van der Waals surface area contributed by atoms with Gasteiger partial charge in [-0.3, -0.25) is 0 Å². The number of alkyl carbamates (subject to hydrolysis) is 1. The molecule has 0 aliphatic carbocycles. The van der Waals surface area contributed by atoms with E-state index >= 15 is 0 Å². The number of carbonyl (C=O) groups excluding carboxylic acids is 1. The maximum atomic E-state index is 14.4. The number of pyridine rings is 1. The molecular weight excluding hydrogens is 485 g/mol. The van der Waals surface area contributed by atoms with Crippen molar-refractivity contribution in [3.63, 3.8) is 0 Å². The van der Waals surface area contributed by atoms with Gasteiger partial charge in [-0.15, -0.1) is 0 Å². The Labute approximate surface area is 222 Å². The van der Waals surface area contributed by atoms with Crippen LogP contribution in [0.4, 0.5) is 26.5 Å². The normalized spacial score (nSPS) is 14.7. The van der Waals surface area contributed by atoms with Gasteiger partial charge in [0, 0.05) is 17.3 Å². The van der Waals surface area contributed by atoms with Crippen LogP contribution in [0.25, 0.3) is 11.1 Å². The van der Waals surface area contributed by atoms with E-state index in [1.807, 2.05) is 32.0 Å². The molecule has 4 rings (SSSR count). The molecule has 1 aliphatic rings. The molecule has 0 radical (unpaired) electrons. The number of nitriles is 1. The molecule has 1 aliphatic heterocycles. The number of amides is 1. The lowest BCUT2D eigenvalue weighted by molar-refractivity contribution is 0.0503. The van der Waals surface area contributed by atoms with Gasteiger partial charge in [-0.25, -0.2) is 14.2 Å². The van der Waals surface area contributed by atoms with Crippen molar-refractivity contribution in [1.29, 1.82) is 5.26 Å². The van der Waals surface area contributed by atoms with Gasteiger partial charge >= 0.3 is 6.09 Å². The van der Waals surface area contributed by atoms with E-state index in [4.69, 9.17) is 14.5 Å². The number of fused-ring (bicyclic) bond motifs is 3. The fourth-order valence-electron chi connectivity index (χ4n) is 4.43. The summed E-state index contributed by atoms with van der Waals surface area (Å²) in [5, 5.41) is 19.4. The van der Waals surface area contributed by atoms with Crippen molar-refractivity contribution >= 4 is 23.4 Å². The second-order valence-corrected chi connectivity index (χ2v) is 10.2. The minimum Gasteiger partial charge on any atom is -0.497 e. The van der Waals surface area contributed by atoms with Gasteiger partial charge in [0.15, 0.2) is 5.82 Å². The number of carbonyl (C=O) groups is 1. The van der Waals surface area contributed by atoms with Crippen molar-refractivity contribution in [2.45, 2.75) is 58.7 Å². The number of hydrogen-bond acceptors (Lipinski definition) is 7. The van der Waals surface area contributed by atoms with E-state index < -0.39 is 29.6 Å². The van der Waals surface area contributed by atoms with Crippen molar-refractivity contribution < 1.29 is 18.7 Å². The van der Waals surface area contributed by atoms with E-state index in [-0.39, 0.29) is 0 Å². The standard InChI is InChI=1S/C29H32FN5O3/c1-7-17-10-20(14-21(11-17)37-6)33-26-18(15-31)12-24-23-13-19(30)8-9-22(23)25(34-27(24)35-26)16(2)32-28(36)38-29(3,4)5/h8-14,16,25H,7H2,1-6H3,(H,32,36)(H2,33,34,35)/t16-,25-/m0/s1. The first kappa shape index (κ1) is 26.7. The topological polar surface area (TPSA) is 108 Å². The minimum absolute atomic E-state index is 0.306. The number of nitrogens with zero attached hydrogens (tertiary/aromatic N) is 2. The molecule has 0 saturated carbocycles. The highest BCUT2D eigenvalue weighted by atomic mass is 19.1. The van der Waals surface area contributed by atoms with Crippen LogP contribution in [0.5, 0.6) is 5.75 Å². The molecule has 0 fully saturated rings. The zero-order valence-electron chi connectivity index (χ0n) is 22.4. The van der Waals surface area contributed by atoms with Gasteiger partial charge in [-0.2, -0.15) is 5.26 Å². The van der Waals surface area contributed by atoms with Gasteiger partial charge in [0.05, 0.1) is 24.8 Å². The summed E-state index contributed by atoms with van der Waals surface area (Å²) in [6, 6.07) is 13.3. The van der Waals surface area contributed by atoms with Gasteiger partial charge in [-0.1, -0.05) is 13.0 Å². The van der Waals surface area contributed by atoms with E-state index in [0.29, 0.717) is 34.1 Å². The lowest BCUT2D eigenvalue weighted by Gasteiger charge is -2.34. The van der Waals surface area contributed by atoms with E-state index in [1.165, 1.54) is 12.1 Å². The third-order valence-corrected chi connectivity index (χ3v) is 6.19. The number of anilines is 3. The number of halogens is 1. The summed E-state index contributed by atoms with van der Waals surface area (Å²) >= 11 is 0. The molecule has 1 aromatic heterocycles. The second kappa shape index (κ2) is 10.6. The van der Waals surface area contributed by atoms with Crippen LogP contribution in [0.2, 0.25) is 0 Å². The molecule has 2 heterocycles. The van der Waals surface area contributed by atoms with Crippen molar-refractivity contribution in [2.24, 2.45) is 0 Å². The summed E-state index contributed by atoms with van der Waals surface area (Å²) in [5.41, 5.74) is 3.42. The Morgan fingerprint density at radius 1 is 1.21 bits per heavy atom. The van der Waals surface area contributed by atoms with Gasteiger partial charge < -0.3 is 25.4 Å². The Morgan fingerprint density at radius 2 is 1.97 bits per heavy atom. The van der Waals surface area contributed by atoms with Crippen molar-refractivity contribution in [3.05, 3.63) is 65.0 Å². The molecule has 1 amide bonds. The number of methoxy groups -OCH3 is 1. The molecule has 38 heavy (non-hydrogen) atoms. The molecule has 3 aromatic rings. The van der Waals surface area contributed by atoms with Gasteiger partial charge in [0.2, 0.25) is 0 Å². The Bertz CT molecular complexity index is 1390. The largest absolute Gasteiger partial charge is 0.497 e. The van der Waals surface area contributed by atoms with Gasteiger partial charge in [-0.05, 0) is 81.1 Å². The molecule has 0 unspecified atom stereocenters.